The molecule has 0 N–H and O–H groups in total. The minimum Gasteiger partial charge on any atom is -0.469 e. The lowest BCUT2D eigenvalue weighted by Crippen LogP contribution is -2.67. The lowest BCUT2D eigenvalue weighted by Gasteiger charge is -2.66. The minimum absolute atomic E-state index is 0.0587. The second kappa shape index (κ2) is 5.70. The number of carbonyl (C=O) groups is 1. The molecule has 3 nitrogen and oxygen atoms in total. The number of carbonyl (C=O) groups excluding carboxylic acids is 1. The van der Waals surface area contributed by atoms with Crippen LogP contribution in [0.5, 0.6) is 0 Å². The van der Waals surface area contributed by atoms with E-state index in [0.717, 1.165) is 25.7 Å². The zero-order valence-corrected chi connectivity index (χ0v) is 19.1. The zero-order valence-electron chi connectivity index (χ0n) is 18.1. The van der Waals surface area contributed by atoms with E-state index in [1.165, 1.54) is 19.1 Å². The Hall–Kier alpha value is -0.613. The van der Waals surface area contributed by atoms with Crippen molar-refractivity contribution >= 4 is 14.3 Å². The Kier molecular flexibility index (Phi) is 4.41. The van der Waals surface area contributed by atoms with Gasteiger partial charge in [-0.2, -0.15) is 0 Å². The Morgan fingerprint density at radius 3 is 2.23 bits per heavy atom. The molecule has 0 spiro atoms. The van der Waals surface area contributed by atoms with Crippen molar-refractivity contribution < 1.29 is 14.0 Å². The Morgan fingerprint density at radius 2 is 1.77 bits per heavy atom. The average molecular weight is 379 g/mol. The van der Waals surface area contributed by atoms with Crippen LogP contribution in [0.3, 0.4) is 0 Å². The molecule has 0 aromatic carbocycles. The maximum atomic E-state index is 12.4. The third-order valence-electron chi connectivity index (χ3n) is 8.55. The lowest BCUT2D eigenvalue weighted by molar-refractivity contribution is -0.154. The molecular weight excluding hydrogens is 340 g/mol. The SMILES string of the molecule is C=C1[C@H]2C[C@@](C)(C(=O)OC)C[C@H]2C[C@]2(C)CC[C@]12O[Si](C)(C)C(C)(C)C. The smallest absolute Gasteiger partial charge is 0.311 e. The molecule has 0 radical (unpaired) electrons. The van der Waals surface area contributed by atoms with E-state index in [2.05, 4.69) is 54.3 Å². The van der Waals surface area contributed by atoms with Crippen LogP contribution in [0.2, 0.25) is 18.1 Å². The molecule has 3 aliphatic carbocycles. The largest absolute Gasteiger partial charge is 0.469 e. The van der Waals surface area contributed by atoms with E-state index < -0.39 is 8.32 Å². The molecular formula is C22H38O3Si. The van der Waals surface area contributed by atoms with Gasteiger partial charge >= 0.3 is 5.97 Å². The predicted octanol–water partition coefficient (Wildman–Crippen LogP) is 5.71. The van der Waals surface area contributed by atoms with Crippen LogP contribution in [-0.4, -0.2) is 27.0 Å². The van der Waals surface area contributed by atoms with E-state index >= 15 is 0 Å². The molecule has 0 unspecified atom stereocenters. The van der Waals surface area contributed by atoms with Crippen molar-refractivity contribution in [3.05, 3.63) is 12.2 Å². The van der Waals surface area contributed by atoms with Gasteiger partial charge < -0.3 is 9.16 Å². The van der Waals surface area contributed by atoms with Gasteiger partial charge in [0.2, 0.25) is 0 Å². The van der Waals surface area contributed by atoms with E-state index in [-0.39, 0.29) is 27.4 Å². The summed E-state index contributed by atoms with van der Waals surface area (Å²) in [7, 11) is -0.393. The first-order chi connectivity index (χ1) is 11.7. The molecule has 3 fully saturated rings. The highest BCUT2D eigenvalue weighted by Gasteiger charge is 2.68. The van der Waals surface area contributed by atoms with Gasteiger partial charge in [-0.1, -0.05) is 34.3 Å². The molecule has 0 saturated heterocycles. The third kappa shape index (κ3) is 2.58. The topological polar surface area (TPSA) is 35.5 Å². The molecule has 0 aromatic rings. The van der Waals surface area contributed by atoms with E-state index in [0.29, 0.717) is 11.8 Å². The summed E-state index contributed by atoms with van der Waals surface area (Å²) in [5.41, 5.74) is 0.895. The normalized spacial score (nSPS) is 42.7. The number of hydrogen-bond donors (Lipinski definition) is 0. The second-order valence-corrected chi connectivity index (χ2v) is 16.0. The molecule has 26 heavy (non-hydrogen) atoms. The van der Waals surface area contributed by atoms with Crippen molar-refractivity contribution in [1.29, 1.82) is 0 Å². The van der Waals surface area contributed by atoms with Crippen LogP contribution in [0.1, 0.15) is 66.7 Å². The maximum absolute atomic E-state index is 12.4. The monoisotopic (exact) mass is 378 g/mol. The number of rotatable bonds is 3. The van der Waals surface area contributed by atoms with Gasteiger partial charge in [-0.25, -0.2) is 0 Å². The number of hydrogen-bond acceptors (Lipinski definition) is 3. The standard InChI is InChI=1S/C22H38O3Si/c1-15-17-14-20(5,18(23)24-7)12-16(17)13-21(6)10-11-22(15,21)25-26(8,9)19(2,3)4/h16-17H,1,10-14H2,2-9H3/t16-,17+,20-,21-,22-/m0/s1. The molecule has 0 heterocycles. The lowest BCUT2D eigenvalue weighted by atomic mass is 9.46. The minimum atomic E-state index is -1.90. The Bertz CT molecular complexity index is 634. The Labute approximate surface area is 161 Å². The molecule has 3 saturated carbocycles. The highest BCUT2D eigenvalue weighted by Crippen LogP contribution is 2.70. The van der Waals surface area contributed by atoms with Crippen molar-refractivity contribution in [3.63, 3.8) is 0 Å². The van der Waals surface area contributed by atoms with E-state index in [1.807, 2.05) is 0 Å². The third-order valence-corrected chi connectivity index (χ3v) is 13.0. The number of methoxy groups -OCH3 is 1. The highest BCUT2D eigenvalue weighted by atomic mass is 28.4. The highest BCUT2D eigenvalue weighted by molar-refractivity contribution is 6.74. The molecule has 0 amide bonds. The summed E-state index contributed by atoms with van der Waals surface area (Å²) in [4.78, 5) is 12.4. The van der Waals surface area contributed by atoms with E-state index in [1.54, 1.807) is 0 Å². The molecule has 4 heteroatoms. The van der Waals surface area contributed by atoms with Crippen molar-refractivity contribution in [2.45, 2.75) is 90.5 Å². The quantitative estimate of drug-likeness (QED) is 0.358. The molecule has 3 rings (SSSR count). The first kappa shape index (κ1) is 20.1. The number of esters is 1. The van der Waals surface area contributed by atoms with Crippen LogP contribution in [0.15, 0.2) is 12.2 Å². The summed E-state index contributed by atoms with van der Waals surface area (Å²) < 4.78 is 12.3. The summed E-state index contributed by atoms with van der Waals surface area (Å²) in [6, 6.07) is 0. The average Bonchev–Trinajstić information content (AvgIpc) is 2.85. The van der Waals surface area contributed by atoms with Crippen molar-refractivity contribution in [1.82, 2.24) is 0 Å². The summed E-state index contributed by atoms with van der Waals surface area (Å²) in [5.74, 6) is 0.863. The first-order valence-corrected chi connectivity index (χ1v) is 13.1. The molecule has 0 aromatic heterocycles. The fourth-order valence-corrected chi connectivity index (χ4v) is 7.45. The van der Waals surface area contributed by atoms with Gasteiger partial charge in [0, 0.05) is 0 Å². The van der Waals surface area contributed by atoms with Crippen LogP contribution < -0.4 is 0 Å². The van der Waals surface area contributed by atoms with Gasteiger partial charge in [0.25, 0.3) is 0 Å². The molecule has 0 bridgehead atoms. The zero-order chi connectivity index (χ0) is 19.8. The van der Waals surface area contributed by atoms with E-state index in [4.69, 9.17) is 9.16 Å². The summed E-state index contributed by atoms with van der Waals surface area (Å²) in [6.45, 7) is 20.7. The van der Waals surface area contributed by atoms with Crippen LogP contribution in [0.25, 0.3) is 0 Å². The molecule has 0 aliphatic heterocycles. The summed E-state index contributed by atoms with van der Waals surface area (Å²) in [6.07, 6.45) is 5.24. The van der Waals surface area contributed by atoms with Crippen LogP contribution in [-0.2, 0) is 14.0 Å². The fraction of sp³-hybridized carbons (Fsp3) is 0.864. The van der Waals surface area contributed by atoms with Crippen LogP contribution >= 0.6 is 0 Å². The van der Waals surface area contributed by atoms with Gasteiger partial charge in [0.15, 0.2) is 8.32 Å². The van der Waals surface area contributed by atoms with Gasteiger partial charge in [-0.05, 0) is 80.0 Å². The van der Waals surface area contributed by atoms with E-state index in [9.17, 15) is 4.79 Å². The molecule has 5 atom stereocenters. The van der Waals surface area contributed by atoms with Crippen LogP contribution in [0.4, 0.5) is 0 Å². The predicted molar refractivity (Wildman–Crippen MR) is 108 cm³/mol. The van der Waals surface area contributed by atoms with Gasteiger partial charge in [0.1, 0.15) is 0 Å². The van der Waals surface area contributed by atoms with Crippen molar-refractivity contribution in [2.24, 2.45) is 22.7 Å². The molecule has 148 valence electrons. The maximum Gasteiger partial charge on any atom is 0.311 e. The Morgan fingerprint density at radius 1 is 1.15 bits per heavy atom. The number of fused-ring (bicyclic) bond motifs is 2. The Balaban J connectivity index is 1.93. The van der Waals surface area contributed by atoms with Crippen molar-refractivity contribution in [3.8, 4) is 0 Å². The van der Waals surface area contributed by atoms with Crippen LogP contribution in [0, 0.1) is 22.7 Å². The molecule has 3 aliphatic rings. The fourth-order valence-electron chi connectivity index (χ4n) is 5.79. The van der Waals surface area contributed by atoms with Gasteiger partial charge in [0.05, 0.1) is 18.1 Å². The summed E-state index contributed by atoms with van der Waals surface area (Å²) >= 11 is 0. The first-order valence-electron chi connectivity index (χ1n) is 10.2. The van der Waals surface area contributed by atoms with Gasteiger partial charge in [-0.3, -0.25) is 4.79 Å². The second-order valence-electron chi connectivity index (χ2n) is 11.3. The van der Waals surface area contributed by atoms with Gasteiger partial charge in [-0.15, -0.1) is 0 Å². The summed E-state index contributed by atoms with van der Waals surface area (Å²) in [5, 5.41) is 0.186. The number of ether oxygens (including phenoxy) is 1. The van der Waals surface area contributed by atoms with Crippen molar-refractivity contribution in [2.75, 3.05) is 7.11 Å².